The molecule has 0 aliphatic rings. The molecule has 0 atom stereocenters. The van der Waals surface area contributed by atoms with E-state index in [9.17, 15) is 14.9 Å². The zero-order chi connectivity index (χ0) is 21.7. The predicted molar refractivity (Wildman–Crippen MR) is 119 cm³/mol. The molecule has 0 aliphatic carbocycles. The van der Waals surface area contributed by atoms with Gasteiger partial charge >= 0.3 is 6.09 Å². The molecule has 3 aromatic carbocycles. The highest BCUT2D eigenvalue weighted by Crippen LogP contribution is 2.35. The smallest absolute Gasteiger partial charge is 0.411 e. The molecule has 0 fully saturated rings. The number of hydrogen-bond acceptors (Lipinski definition) is 5. The van der Waals surface area contributed by atoms with Crippen LogP contribution in [0.4, 0.5) is 16.2 Å². The van der Waals surface area contributed by atoms with Crippen LogP contribution in [0.3, 0.4) is 0 Å². The van der Waals surface area contributed by atoms with Crippen molar-refractivity contribution < 1.29 is 14.5 Å². The van der Waals surface area contributed by atoms with E-state index in [1.54, 1.807) is 24.3 Å². The summed E-state index contributed by atoms with van der Waals surface area (Å²) < 4.78 is 5.15. The Kier molecular flexibility index (Phi) is 7.20. The first kappa shape index (κ1) is 22.0. The minimum Gasteiger partial charge on any atom is -0.444 e. The molecular formula is C21H16Cl2N2O4S. The van der Waals surface area contributed by atoms with Gasteiger partial charge in [-0.1, -0.05) is 58.7 Å². The maximum absolute atomic E-state index is 12.0. The summed E-state index contributed by atoms with van der Waals surface area (Å²) in [4.78, 5) is 24.5. The van der Waals surface area contributed by atoms with Gasteiger partial charge in [0.25, 0.3) is 5.69 Å². The van der Waals surface area contributed by atoms with Crippen molar-refractivity contribution in [3.05, 3.63) is 92.0 Å². The van der Waals surface area contributed by atoms with Crippen LogP contribution in [-0.2, 0) is 11.3 Å². The topological polar surface area (TPSA) is 81.5 Å². The average molecular weight is 463 g/mol. The van der Waals surface area contributed by atoms with Crippen molar-refractivity contribution in [3.8, 4) is 0 Å². The second-order valence-electron chi connectivity index (χ2n) is 6.30. The van der Waals surface area contributed by atoms with Crippen molar-refractivity contribution in [1.29, 1.82) is 0 Å². The van der Waals surface area contributed by atoms with Crippen LogP contribution in [0.5, 0.6) is 0 Å². The summed E-state index contributed by atoms with van der Waals surface area (Å²) in [5.41, 5.74) is 1.98. The van der Waals surface area contributed by atoms with E-state index in [-0.39, 0.29) is 12.3 Å². The first-order chi connectivity index (χ1) is 14.3. The third kappa shape index (κ3) is 5.89. The molecular weight excluding hydrogens is 447 g/mol. The monoisotopic (exact) mass is 462 g/mol. The van der Waals surface area contributed by atoms with Crippen molar-refractivity contribution in [2.45, 2.75) is 23.3 Å². The average Bonchev–Trinajstić information content (AvgIpc) is 2.71. The number of ether oxygens (including phenoxy) is 1. The molecule has 0 aromatic heterocycles. The maximum atomic E-state index is 12.0. The summed E-state index contributed by atoms with van der Waals surface area (Å²) in [6.07, 6.45) is -0.714. The van der Waals surface area contributed by atoms with Gasteiger partial charge in [-0.15, -0.1) is 0 Å². The third-order valence-corrected chi connectivity index (χ3v) is 5.82. The fraction of sp³-hybridized carbons (Fsp3) is 0.0952. The number of nitro benzene ring substituents is 1. The number of nitro groups is 1. The number of amides is 1. The van der Waals surface area contributed by atoms with Crippen molar-refractivity contribution in [1.82, 2.24) is 0 Å². The van der Waals surface area contributed by atoms with Gasteiger partial charge in [0.05, 0.1) is 19.9 Å². The van der Waals surface area contributed by atoms with E-state index in [0.29, 0.717) is 26.2 Å². The Labute approximate surface area is 187 Å². The maximum Gasteiger partial charge on any atom is 0.411 e. The van der Waals surface area contributed by atoms with Gasteiger partial charge in [-0.3, -0.25) is 15.4 Å². The number of nitrogens with one attached hydrogen (secondary N) is 1. The molecule has 1 N–H and O–H groups in total. The summed E-state index contributed by atoms with van der Waals surface area (Å²) in [6.45, 7) is 1.85. The molecule has 0 unspecified atom stereocenters. The minimum atomic E-state index is -0.714. The second-order valence-corrected chi connectivity index (χ2v) is 8.23. The minimum absolute atomic E-state index is 0.0495. The fourth-order valence-electron chi connectivity index (χ4n) is 2.49. The zero-order valence-corrected chi connectivity index (χ0v) is 18.1. The highest BCUT2D eigenvalue weighted by atomic mass is 35.5. The molecule has 30 heavy (non-hydrogen) atoms. The molecule has 3 rings (SSSR count). The lowest BCUT2D eigenvalue weighted by Crippen LogP contribution is -2.13. The number of hydrogen-bond donors (Lipinski definition) is 1. The molecule has 0 spiro atoms. The van der Waals surface area contributed by atoms with Crippen molar-refractivity contribution in [3.63, 3.8) is 0 Å². The van der Waals surface area contributed by atoms with Crippen LogP contribution < -0.4 is 5.32 Å². The van der Waals surface area contributed by atoms with E-state index >= 15 is 0 Å². The van der Waals surface area contributed by atoms with E-state index in [4.69, 9.17) is 27.9 Å². The van der Waals surface area contributed by atoms with Crippen LogP contribution in [-0.4, -0.2) is 11.0 Å². The predicted octanol–water partition coefficient (Wildman–Crippen LogP) is 7.11. The van der Waals surface area contributed by atoms with Gasteiger partial charge in [0, 0.05) is 16.6 Å². The summed E-state index contributed by atoms with van der Waals surface area (Å²) in [6, 6.07) is 17.1. The number of carbonyl (C=O) groups is 1. The normalized spacial score (nSPS) is 10.5. The molecule has 1 amide bonds. The Bertz CT molecular complexity index is 1090. The molecule has 9 heteroatoms. The standard InChI is InChI=1S/C21H16Cl2N2O4S/c1-13-2-6-16(7-3-13)30-20-9-4-14(10-19(20)25(27)28)12-29-21(26)24-15-5-8-17(22)18(23)11-15/h2-11H,12H2,1H3,(H,24,26). The molecule has 0 saturated heterocycles. The first-order valence-corrected chi connectivity index (χ1v) is 10.3. The van der Waals surface area contributed by atoms with E-state index in [1.807, 2.05) is 31.2 Å². The quantitative estimate of drug-likeness (QED) is 0.311. The summed E-state index contributed by atoms with van der Waals surface area (Å²) in [5, 5.41) is 14.7. The van der Waals surface area contributed by atoms with Crippen molar-refractivity contribution in [2.24, 2.45) is 0 Å². The van der Waals surface area contributed by atoms with Gasteiger partial charge in [0.1, 0.15) is 6.61 Å². The number of benzene rings is 3. The Hall–Kier alpha value is -2.74. The largest absolute Gasteiger partial charge is 0.444 e. The number of anilines is 1. The highest BCUT2D eigenvalue weighted by molar-refractivity contribution is 7.99. The second kappa shape index (κ2) is 9.84. The molecule has 0 aliphatic heterocycles. The molecule has 0 radical (unpaired) electrons. The van der Waals surface area contributed by atoms with Crippen LogP contribution >= 0.6 is 35.0 Å². The Morgan fingerprint density at radius 2 is 1.80 bits per heavy atom. The number of rotatable bonds is 6. The molecule has 0 saturated carbocycles. The SMILES string of the molecule is Cc1ccc(Sc2ccc(COC(=O)Nc3ccc(Cl)c(Cl)c3)cc2[N+](=O)[O-])cc1. The molecule has 6 nitrogen and oxygen atoms in total. The van der Waals surface area contributed by atoms with Gasteiger partial charge < -0.3 is 4.74 Å². The van der Waals surface area contributed by atoms with Gasteiger partial charge in [-0.05, 0) is 48.9 Å². The number of nitrogens with zero attached hydrogens (tertiary/aromatic N) is 1. The van der Waals surface area contributed by atoms with E-state index in [2.05, 4.69) is 5.32 Å². The lowest BCUT2D eigenvalue weighted by atomic mass is 10.2. The summed E-state index contributed by atoms with van der Waals surface area (Å²) >= 11 is 13.0. The first-order valence-electron chi connectivity index (χ1n) is 8.72. The van der Waals surface area contributed by atoms with Crippen LogP contribution in [0.2, 0.25) is 10.0 Å². The lowest BCUT2D eigenvalue weighted by molar-refractivity contribution is -0.387. The molecule has 0 heterocycles. The van der Waals surface area contributed by atoms with Crippen LogP contribution in [0.15, 0.2) is 70.5 Å². The highest BCUT2D eigenvalue weighted by Gasteiger charge is 2.17. The number of carbonyl (C=O) groups excluding carboxylic acids is 1. The van der Waals surface area contributed by atoms with Gasteiger partial charge in [-0.2, -0.15) is 0 Å². The lowest BCUT2D eigenvalue weighted by Gasteiger charge is -2.09. The van der Waals surface area contributed by atoms with Crippen LogP contribution in [0, 0.1) is 17.0 Å². The Balaban J connectivity index is 1.66. The van der Waals surface area contributed by atoms with Crippen molar-refractivity contribution >= 4 is 52.4 Å². The van der Waals surface area contributed by atoms with Crippen LogP contribution in [0.1, 0.15) is 11.1 Å². The number of halogens is 2. The summed E-state index contributed by atoms with van der Waals surface area (Å²) in [7, 11) is 0. The van der Waals surface area contributed by atoms with Gasteiger partial charge in [0.15, 0.2) is 0 Å². The Morgan fingerprint density at radius 1 is 1.07 bits per heavy atom. The molecule has 3 aromatic rings. The van der Waals surface area contributed by atoms with E-state index in [1.165, 1.54) is 23.9 Å². The van der Waals surface area contributed by atoms with Gasteiger partial charge in [0.2, 0.25) is 0 Å². The number of aryl methyl sites for hydroxylation is 1. The molecule has 0 bridgehead atoms. The van der Waals surface area contributed by atoms with E-state index in [0.717, 1.165) is 10.5 Å². The van der Waals surface area contributed by atoms with Crippen molar-refractivity contribution in [2.75, 3.05) is 5.32 Å². The summed E-state index contributed by atoms with van der Waals surface area (Å²) in [5.74, 6) is 0. The Morgan fingerprint density at radius 3 is 2.47 bits per heavy atom. The van der Waals surface area contributed by atoms with Crippen LogP contribution in [0.25, 0.3) is 0 Å². The van der Waals surface area contributed by atoms with E-state index < -0.39 is 11.0 Å². The molecule has 154 valence electrons. The van der Waals surface area contributed by atoms with Gasteiger partial charge in [-0.25, -0.2) is 4.79 Å². The fourth-order valence-corrected chi connectivity index (χ4v) is 3.69. The third-order valence-electron chi connectivity index (χ3n) is 4.00. The zero-order valence-electron chi connectivity index (χ0n) is 15.7.